The fraction of sp³-hybridized carbons (Fsp3) is 0.261. The Balaban J connectivity index is 1.74. The zero-order chi connectivity index (χ0) is 20.2. The largest absolute Gasteiger partial charge is 0.427 e. The van der Waals surface area contributed by atoms with Crippen molar-refractivity contribution in [1.29, 1.82) is 0 Å². The minimum Gasteiger partial charge on any atom is -0.390 e. The first-order chi connectivity index (χ1) is 14.0. The van der Waals surface area contributed by atoms with E-state index >= 15 is 0 Å². The van der Waals surface area contributed by atoms with Gasteiger partial charge in [-0.05, 0) is 51.9 Å². The third-order valence-corrected chi connectivity index (χ3v) is 7.02. The highest BCUT2D eigenvalue weighted by Gasteiger charge is 2.38. The molecule has 0 spiro atoms. The van der Waals surface area contributed by atoms with Crippen molar-refractivity contribution < 1.29 is 18.3 Å². The summed E-state index contributed by atoms with van der Waals surface area (Å²) in [6, 6.07) is 16.5. The van der Waals surface area contributed by atoms with Gasteiger partial charge in [0.25, 0.3) is 0 Å². The number of hydrogen-bond acceptors (Lipinski definition) is 3. The third-order valence-electron chi connectivity index (χ3n) is 5.76. The van der Waals surface area contributed by atoms with E-state index in [4.69, 9.17) is 0 Å². The first-order valence-corrected chi connectivity index (χ1v) is 10.4. The molecule has 4 aromatic rings. The highest BCUT2D eigenvalue weighted by atomic mass is 32.1. The van der Waals surface area contributed by atoms with Crippen molar-refractivity contribution in [2.24, 2.45) is 0 Å². The number of alkyl halides is 3. The van der Waals surface area contributed by atoms with E-state index in [1.807, 2.05) is 12.1 Å². The lowest BCUT2D eigenvalue weighted by Gasteiger charge is -2.26. The molecule has 1 N–H and O–H groups in total. The summed E-state index contributed by atoms with van der Waals surface area (Å²) in [6.45, 7) is -0.703. The summed E-state index contributed by atoms with van der Waals surface area (Å²) < 4.78 is 40.2. The second-order valence-corrected chi connectivity index (χ2v) is 8.48. The van der Waals surface area contributed by atoms with Crippen LogP contribution in [0.15, 0.2) is 48.5 Å². The first kappa shape index (κ1) is 18.6. The molecule has 5 rings (SSSR count). The molecule has 29 heavy (non-hydrogen) atoms. The fourth-order valence-corrected chi connectivity index (χ4v) is 5.61. The van der Waals surface area contributed by atoms with Gasteiger partial charge in [0.05, 0.1) is 12.3 Å². The quantitative estimate of drug-likeness (QED) is 0.384. The second-order valence-electron chi connectivity index (χ2n) is 7.45. The van der Waals surface area contributed by atoms with Gasteiger partial charge in [0.2, 0.25) is 0 Å². The number of fused-ring (bicyclic) bond motifs is 5. The molecule has 1 aromatic heterocycles. The number of hydrogen-bond donors (Lipinski definition) is 1. The number of thiazole rings is 1. The summed E-state index contributed by atoms with van der Waals surface area (Å²) in [4.78, 5) is 3.45. The number of halogens is 3. The van der Waals surface area contributed by atoms with Crippen LogP contribution in [0.4, 0.5) is 13.2 Å². The second kappa shape index (κ2) is 6.82. The number of rotatable bonds is 2. The van der Waals surface area contributed by atoms with Crippen molar-refractivity contribution in [2.45, 2.75) is 38.0 Å². The van der Waals surface area contributed by atoms with Crippen LogP contribution >= 0.6 is 11.3 Å². The molecule has 3 aromatic carbocycles. The number of aliphatic hydroxyl groups is 1. The number of benzene rings is 3. The Morgan fingerprint density at radius 3 is 2.55 bits per heavy atom. The zero-order valence-electron chi connectivity index (χ0n) is 15.5. The van der Waals surface area contributed by atoms with Gasteiger partial charge in [-0.15, -0.1) is 11.3 Å². The van der Waals surface area contributed by atoms with Crippen LogP contribution in [0.5, 0.6) is 0 Å². The highest BCUT2D eigenvalue weighted by molar-refractivity contribution is 7.12. The number of nitrogens with zero attached hydrogens (tertiary/aromatic N) is 1. The van der Waals surface area contributed by atoms with Crippen molar-refractivity contribution >= 4 is 32.9 Å². The van der Waals surface area contributed by atoms with E-state index in [0.717, 1.165) is 46.4 Å². The van der Waals surface area contributed by atoms with E-state index in [2.05, 4.69) is 41.4 Å². The summed E-state index contributed by atoms with van der Waals surface area (Å²) in [5, 5.41) is 14.4. The zero-order valence-corrected chi connectivity index (χ0v) is 16.3. The van der Waals surface area contributed by atoms with Gasteiger partial charge in [-0.25, -0.2) is 4.98 Å². The molecule has 1 heterocycles. The standard InChI is InChI=1S/C23H18F3NOS/c24-23(25,26)21-19(12-28)27-22(29-21)18-7-3-5-14-9-10-16-15-6-2-1-4-13(15)8-11-17(16)20(14)18/h1-2,4,6,8-11,18,28H,3,5,7,12H2. The number of aryl methyl sites for hydroxylation is 1. The van der Waals surface area contributed by atoms with Crippen molar-refractivity contribution in [3.63, 3.8) is 0 Å². The average Bonchev–Trinajstić information content (AvgIpc) is 3.18. The Hall–Kier alpha value is -2.44. The summed E-state index contributed by atoms with van der Waals surface area (Å²) >= 11 is 0.677. The molecule has 0 aliphatic heterocycles. The maximum atomic E-state index is 13.4. The molecular weight excluding hydrogens is 395 g/mol. The van der Waals surface area contributed by atoms with Crippen molar-refractivity contribution in [3.05, 3.63) is 75.2 Å². The Morgan fingerprint density at radius 1 is 1.00 bits per heavy atom. The van der Waals surface area contributed by atoms with Gasteiger partial charge in [0.1, 0.15) is 9.88 Å². The summed E-state index contributed by atoms with van der Waals surface area (Å²) in [6.07, 6.45) is -1.92. The van der Waals surface area contributed by atoms with Crippen LogP contribution in [0.25, 0.3) is 21.5 Å². The Morgan fingerprint density at radius 2 is 1.79 bits per heavy atom. The van der Waals surface area contributed by atoms with Crippen molar-refractivity contribution in [1.82, 2.24) is 4.98 Å². The molecule has 1 aliphatic carbocycles. The van der Waals surface area contributed by atoms with Gasteiger partial charge in [0.15, 0.2) is 0 Å². The van der Waals surface area contributed by atoms with Crippen molar-refractivity contribution in [2.75, 3.05) is 0 Å². The van der Waals surface area contributed by atoms with Crippen molar-refractivity contribution in [3.8, 4) is 0 Å². The van der Waals surface area contributed by atoms with Gasteiger partial charge < -0.3 is 5.11 Å². The first-order valence-electron chi connectivity index (χ1n) is 9.58. The molecule has 1 aliphatic rings. The molecule has 0 saturated heterocycles. The fourth-order valence-electron chi connectivity index (χ4n) is 4.52. The van der Waals surface area contributed by atoms with Gasteiger partial charge in [-0.3, -0.25) is 0 Å². The Labute approximate surface area is 169 Å². The molecule has 1 unspecified atom stereocenters. The normalized spacial score (nSPS) is 17.0. The van der Waals surface area contributed by atoms with Crippen LogP contribution in [0.2, 0.25) is 0 Å². The topological polar surface area (TPSA) is 33.1 Å². The molecule has 148 valence electrons. The van der Waals surface area contributed by atoms with Crippen LogP contribution in [-0.2, 0) is 19.2 Å². The van der Waals surface area contributed by atoms with Gasteiger partial charge in [-0.1, -0.05) is 48.5 Å². The molecule has 0 amide bonds. The minimum absolute atomic E-state index is 0.185. The van der Waals surface area contributed by atoms with Crippen LogP contribution in [0.1, 0.15) is 45.5 Å². The van der Waals surface area contributed by atoms with E-state index in [1.165, 1.54) is 5.56 Å². The Bertz CT molecular complexity index is 1230. The van der Waals surface area contributed by atoms with E-state index in [0.29, 0.717) is 16.3 Å². The van der Waals surface area contributed by atoms with Crippen LogP contribution < -0.4 is 0 Å². The van der Waals surface area contributed by atoms with E-state index in [-0.39, 0.29) is 11.6 Å². The average molecular weight is 413 g/mol. The Kier molecular flexibility index (Phi) is 4.37. The lowest BCUT2D eigenvalue weighted by Crippen LogP contribution is -2.11. The predicted molar refractivity (Wildman–Crippen MR) is 109 cm³/mol. The predicted octanol–water partition coefficient (Wildman–Crippen LogP) is 6.43. The maximum absolute atomic E-state index is 13.4. The monoisotopic (exact) mass is 413 g/mol. The molecule has 6 heteroatoms. The van der Waals surface area contributed by atoms with Gasteiger partial charge >= 0.3 is 6.18 Å². The lowest BCUT2D eigenvalue weighted by molar-refractivity contribution is -0.135. The maximum Gasteiger partial charge on any atom is 0.427 e. The van der Waals surface area contributed by atoms with Gasteiger partial charge in [0, 0.05) is 5.92 Å². The number of aliphatic hydroxyl groups excluding tert-OH is 1. The van der Waals surface area contributed by atoms with E-state index in [9.17, 15) is 18.3 Å². The molecule has 1 atom stereocenters. The van der Waals surface area contributed by atoms with Crippen LogP contribution in [0, 0.1) is 0 Å². The van der Waals surface area contributed by atoms with Crippen LogP contribution in [-0.4, -0.2) is 10.1 Å². The minimum atomic E-state index is -4.50. The third kappa shape index (κ3) is 3.02. The van der Waals surface area contributed by atoms with Crippen LogP contribution in [0.3, 0.4) is 0 Å². The summed E-state index contributed by atoms with van der Waals surface area (Å²) in [5.41, 5.74) is 2.00. The smallest absolute Gasteiger partial charge is 0.390 e. The molecule has 0 saturated carbocycles. The molecule has 0 bridgehead atoms. The van der Waals surface area contributed by atoms with E-state index in [1.54, 1.807) is 0 Å². The molecule has 0 fully saturated rings. The summed E-state index contributed by atoms with van der Waals surface area (Å²) in [5.74, 6) is -0.185. The lowest BCUT2D eigenvalue weighted by atomic mass is 9.79. The molecule has 2 nitrogen and oxygen atoms in total. The molecular formula is C23H18F3NOS. The molecule has 0 radical (unpaired) electrons. The van der Waals surface area contributed by atoms with Gasteiger partial charge in [-0.2, -0.15) is 13.2 Å². The van der Waals surface area contributed by atoms with E-state index < -0.39 is 17.7 Å². The highest BCUT2D eigenvalue weighted by Crippen LogP contribution is 2.46. The summed E-state index contributed by atoms with van der Waals surface area (Å²) in [7, 11) is 0. The SMILES string of the molecule is OCc1nc(C2CCCc3ccc4c(ccc5ccccc54)c32)sc1C(F)(F)F. The number of aromatic nitrogens is 1.